The third kappa shape index (κ3) is 23.9. The van der Waals surface area contributed by atoms with Crippen molar-refractivity contribution in [3.8, 4) is 34.5 Å². The van der Waals surface area contributed by atoms with Crippen LogP contribution in [0.3, 0.4) is 0 Å². The van der Waals surface area contributed by atoms with Gasteiger partial charge in [0.25, 0.3) is 20.1 Å². The van der Waals surface area contributed by atoms with E-state index in [9.17, 15) is 53.9 Å². The molecular formula is C86H94FN12O20S5-. The van der Waals surface area contributed by atoms with Crippen LogP contribution in [0.4, 0.5) is 4.39 Å². The number of hydrogen-bond acceptors (Lipinski definition) is 27. The molecule has 124 heavy (non-hydrogen) atoms. The first kappa shape index (κ1) is 92.8. The van der Waals surface area contributed by atoms with E-state index < -0.39 is 96.2 Å². The lowest BCUT2D eigenvalue weighted by molar-refractivity contribution is -0.145. The number of carboxylic acids is 1. The van der Waals surface area contributed by atoms with E-state index in [1.807, 2.05) is 58.0 Å². The van der Waals surface area contributed by atoms with E-state index in [1.54, 1.807) is 180 Å². The molecule has 8 aromatic carbocycles. The molecule has 12 aromatic rings. The SMILES string of the molecule is CC(C)[C@@H](C(=O)NC(Cc1ccc(OCC(CO)CF)cc1)C(=O)O)n1cc(COc2ccc3nc(S(N)(=O)=O)sc3c2)nn1.CCC(COc1ccc(CC(NC(=O)[C@H](C(C)C)n2cc(COc3ccc4nc(S(=O)(=O)[N-]C(c5ccccc5)(c5ccc(OC)cc5)c5ccc(OC)cc5)sc4c3)nn2)C(=O)OC)cc1)COS(=O)(=O)c1ccc(C)cc1. The number of alkyl halides is 1. The Bertz CT molecular complexity index is 5920. The zero-order valence-electron chi connectivity index (χ0n) is 69.0. The van der Waals surface area contributed by atoms with Crippen LogP contribution in [0.15, 0.2) is 214 Å². The topological polar surface area (TPSA) is 436 Å². The molecule has 0 bridgehead atoms. The fourth-order valence-electron chi connectivity index (χ4n) is 13.0. The number of aryl methyl sites for hydroxylation is 1. The minimum Gasteiger partial charge on any atom is -0.526 e. The number of halogens is 1. The van der Waals surface area contributed by atoms with Gasteiger partial charge in [-0.15, -0.1) is 32.9 Å². The lowest BCUT2D eigenvalue weighted by atomic mass is 9.78. The van der Waals surface area contributed by atoms with Gasteiger partial charge < -0.3 is 58.7 Å². The highest BCUT2D eigenvalue weighted by atomic mass is 32.3. The highest BCUT2D eigenvalue weighted by molar-refractivity contribution is 7.96. The van der Waals surface area contributed by atoms with E-state index in [4.69, 9.17) is 52.3 Å². The van der Waals surface area contributed by atoms with Crippen LogP contribution in [0.1, 0.15) is 97.9 Å². The molecule has 32 nitrogen and oxygen atoms in total. The van der Waals surface area contributed by atoms with E-state index >= 15 is 0 Å². The van der Waals surface area contributed by atoms with Crippen LogP contribution < -0.4 is 44.2 Å². The standard InChI is InChI=1S/C58H61N6O12S3.C28H33FN6O8S2/c1-8-40(36-76-79(69,70)50-29-14-39(4)15-30-50)35-74-48-22-16-41(17-23-48)32-52(56(66)73-7)59-55(65)54(38(2)3)64-34-45(61-63-64)37-75-49-28-31-51-53(33-49)77-57(60-51)78(67,68)62-58(42-12-10-9-11-13-42,43-18-24-46(71-5)25-19-43)44-20-26-47(72-6)27-21-44;1-16(2)25(26(37)31-23(27(38)39)9-17-3-5-20(6-4-17)42-14-18(11-29)13-36)35-12-19(33-34-35)15-43-21-7-8-22-24(10-21)44-28(32-22)45(30,40)41/h9-31,33-34,38,40,52,54H,8,32,35-37H2,1-7H3,(H,59,65);3-8,10,12,16,18,23,25,36H,9,11,13-15H2,1-2H3,(H,31,37)(H,38,39)(H2,30,40,41)/q-1;/t40?,52?,54-;18?,23?,25-/m00/s1. The van der Waals surface area contributed by atoms with Gasteiger partial charge in [-0.05, 0) is 139 Å². The number of primary sulfonamides is 1. The first-order valence-electron chi connectivity index (χ1n) is 39.0. The number of aliphatic hydroxyl groups excluding tert-OH is 1. The lowest BCUT2D eigenvalue weighted by Gasteiger charge is -2.47. The zero-order valence-corrected chi connectivity index (χ0v) is 73.1. The average Bonchev–Trinajstić information content (AvgIpc) is 0.958. The Kier molecular flexibility index (Phi) is 31.4. The summed E-state index contributed by atoms with van der Waals surface area (Å²) in [7, 11) is -7.95. The summed E-state index contributed by atoms with van der Waals surface area (Å²) < 4.78 is 144. The number of amides is 2. The Morgan fingerprint density at radius 3 is 1.44 bits per heavy atom. The van der Waals surface area contributed by atoms with Crippen LogP contribution in [0.2, 0.25) is 0 Å². The smallest absolute Gasteiger partial charge is 0.328 e. The summed E-state index contributed by atoms with van der Waals surface area (Å²) in [5, 5.41) is 46.2. The van der Waals surface area contributed by atoms with E-state index in [-0.39, 0.29) is 83.8 Å². The number of ether oxygens (including phenoxy) is 7. The molecule has 0 aliphatic heterocycles. The number of carbonyl (C=O) groups excluding carboxylic acids is 3. The van der Waals surface area contributed by atoms with Crippen molar-refractivity contribution < 1.29 is 96.4 Å². The van der Waals surface area contributed by atoms with Gasteiger partial charge in [0.05, 0.1) is 92.2 Å². The van der Waals surface area contributed by atoms with Crippen LogP contribution in [-0.4, -0.2) is 166 Å². The van der Waals surface area contributed by atoms with Crippen molar-refractivity contribution in [3.63, 3.8) is 0 Å². The normalized spacial score (nSPS) is 13.4. The number of benzene rings is 8. The van der Waals surface area contributed by atoms with Gasteiger partial charge in [-0.3, -0.25) is 18.2 Å². The van der Waals surface area contributed by atoms with E-state index in [0.29, 0.717) is 101 Å². The minimum absolute atomic E-state index is 0.000260. The molecule has 0 fully saturated rings. The molecule has 0 saturated heterocycles. The number of methoxy groups -OCH3 is 3. The van der Waals surface area contributed by atoms with Crippen molar-refractivity contribution in [1.82, 2.24) is 50.6 Å². The Labute approximate surface area is 724 Å². The predicted octanol–water partition coefficient (Wildman–Crippen LogP) is 11.8. The van der Waals surface area contributed by atoms with Crippen LogP contribution in [0.25, 0.3) is 25.2 Å². The van der Waals surface area contributed by atoms with Crippen molar-refractivity contribution >= 4 is 97.0 Å². The summed E-state index contributed by atoms with van der Waals surface area (Å²) >= 11 is 1.88. The molecule has 38 heteroatoms. The molecule has 0 spiro atoms. The van der Waals surface area contributed by atoms with Gasteiger partial charge in [0.2, 0.25) is 16.2 Å². The average molecular weight is 1800 g/mol. The lowest BCUT2D eigenvalue weighted by Crippen LogP contribution is -2.47. The van der Waals surface area contributed by atoms with E-state index in [0.717, 1.165) is 28.2 Å². The first-order valence-corrected chi connectivity index (χ1v) is 45.1. The van der Waals surface area contributed by atoms with Gasteiger partial charge in [-0.2, -0.15) is 8.42 Å². The molecule has 12 rings (SSSR count). The third-order valence-electron chi connectivity index (χ3n) is 19.8. The molecule has 6 N–H and O–H groups in total. The summed E-state index contributed by atoms with van der Waals surface area (Å²) in [6.45, 7) is 10.1. The van der Waals surface area contributed by atoms with Gasteiger partial charge in [0.1, 0.15) is 93.3 Å². The van der Waals surface area contributed by atoms with Crippen LogP contribution in [0.5, 0.6) is 34.5 Å². The number of carboxylic acid groups (broad SMARTS) is 1. The molecule has 656 valence electrons. The molecule has 2 amide bonds. The monoisotopic (exact) mass is 1790 g/mol. The van der Waals surface area contributed by atoms with Crippen LogP contribution in [0, 0.1) is 30.6 Å². The largest absolute Gasteiger partial charge is 0.526 e. The predicted molar refractivity (Wildman–Crippen MR) is 459 cm³/mol. The number of aliphatic hydroxyl groups is 1. The summed E-state index contributed by atoms with van der Waals surface area (Å²) in [5.41, 5.74) is 4.19. The molecule has 0 radical (unpaired) electrons. The number of nitrogens with two attached hydrogens (primary N) is 1. The highest BCUT2D eigenvalue weighted by Gasteiger charge is 2.35. The zero-order chi connectivity index (χ0) is 89.0. The van der Waals surface area contributed by atoms with Crippen molar-refractivity contribution in [1.29, 1.82) is 0 Å². The number of thiazole rings is 2. The number of hydrogen-bond donors (Lipinski definition) is 5. The fraction of sp³-hybridized carbons (Fsp3) is 0.326. The first-order chi connectivity index (χ1) is 59.3. The summed E-state index contributed by atoms with van der Waals surface area (Å²) in [6, 6.07) is 49.3. The van der Waals surface area contributed by atoms with Crippen molar-refractivity contribution in [2.45, 2.75) is 117 Å². The Morgan fingerprint density at radius 2 is 1.00 bits per heavy atom. The van der Waals surface area contributed by atoms with Gasteiger partial charge in [0.15, 0.2) is 4.34 Å². The highest BCUT2D eigenvalue weighted by Crippen LogP contribution is 2.49. The molecule has 0 saturated carbocycles. The number of fused-ring (bicyclic) bond motifs is 2. The minimum atomic E-state index is -4.46. The third-order valence-corrected chi connectivity index (χ3v) is 26.2. The van der Waals surface area contributed by atoms with Gasteiger partial charge in [-0.25, -0.2) is 50.9 Å². The molecule has 4 heterocycles. The molecule has 6 atom stereocenters. The second-order valence-corrected chi connectivity index (χ2v) is 36.7. The number of aromatic nitrogens is 8. The maximum Gasteiger partial charge on any atom is 0.328 e. The van der Waals surface area contributed by atoms with Gasteiger partial charge in [0, 0.05) is 24.7 Å². The Morgan fingerprint density at radius 1 is 0.556 bits per heavy atom. The maximum absolute atomic E-state index is 14.7. The quantitative estimate of drug-likeness (QED) is 0.0135. The second-order valence-electron chi connectivity index (χ2n) is 29.5. The van der Waals surface area contributed by atoms with Crippen molar-refractivity contribution in [3.05, 3.63) is 250 Å². The number of esters is 1. The summed E-state index contributed by atoms with van der Waals surface area (Å²) in [5.74, 6) is -1.33. The van der Waals surface area contributed by atoms with E-state index in [1.165, 1.54) is 34.8 Å². The fourth-order valence-corrected chi connectivity index (χ4v) is 18.1. The van der Waals surface area contributed by atoms with Gasteiger partial charge >= 0.3 is 11.9 Å². The summed E-state index contributed by atoms with van der Waals surface area (Å²) in [4.78, 5) is 61.1. The molecule has 4 aromatic heterocycles. The number of carbonyl (C=O) groups is 4. The van der Waals surface area contributed by atoms with Crippen molar-refractivity contribution in [2.75, 3.05) is 54.4 Å². The molecule has 0 aliphatic carbocycles. The molecule has 4 unspecified atom stereocenters. The summed E-state index contributed by atoms with van der Waals surface area (Å²) in [6.07, 6.45) is 3.85. The second kappa shape index (κ2) is 42.0. The number of nitrogens with one attached hydrogen (secondary N) is 2. The maximum atomic E-state index is 14.7. The Balaban J connectivity index is 0.000000281. The molecule has 0 aliphatic rings. The number of sulfonamides is 2. The number of rotatable bonds is 42. The van der Waals surface area contributed by atoms with E-state index in [2.05, 4.69) is 41.2 Å². The number of nitrogens with zero attached hydrogens (tertiary/aromatic N) is 9. The molecular weight excluding hydrogens is 1700 g/mol. The van der Waals surface area contributed by atoms with Crippen LogP contribution >= 0.6 is 22.7 Å². The van der Waals surface area contributed by atoms with Gasteiger partial charge in [-0.1, -0.05) is 158 Å². The van der Waals surface area contributed by atoms with Crippen LogP contribution in [-0.2, 0) is 89.9 Å². The van der Waals surface area contributed by atoms with Crippen molar-refractivity contribution in [2.24, 2.45) is 28.8 Å². The number of aliphatic carboxylic acids is 1. The Hall–Kier alpha value is -11.9.